The van der Waals surface area contributed by atoms with Gasteiger partial charge in [-0.05, 0) is 0 Å². The molecule has 0 saturated carbocycles. The van der Waals surface area contributed by atoms with Crippen LogP contribution in [0.5, 0.6) is 0 Å². The zero-order valence-corrected chi connectivity index (χ0v) is 7.75. The Morgan fingerprint density at radius 3 is 1.30 bits per heavy atom. The molecule has 0 aliphatic rings. The van der Waals surface area contributed by atoms with E-state index in [0.29, 0.717) is 0 Å². The number of hydrogen-bond acceptors (Lipinski definition) is 0. The molecule has 0 nitrogen and oxygen atoms in total. The van der Waals surface area contributed by atoms with Crippen molar-refractivity contribution in [2.24, 2.45) is 0 Å². The highest BCUT2D eigenvalue weighted by Gasteiger charge is 2.33. The van der Waals surface area contributed by atoms with Crippen LogP contribution >= 0.6 is 31.9 Å². The lowest BCUT2D eigenvalue weighted by molar-refractivity contribution is 0.00929. The second-order valence-corrected chi connectivity index (χ2v) is 4.76. The van der Waals surface area contributed by atoms with Crippen molar-refractivity contribution in [3.63, 3.8) is 0 Å². The summed E-state index contributed by atoms with van der Waals surface area (Å²) in [5, 5.41) is 0. The molecule has 0 spiro atoms. The van der Waals surface area contributed by atoms with E-state index in [1.807, 2.05) is 0 Å². The van der Waals surface area contributed by atoms with Gasteiger partial charge in [-0.2, -0.15) is 0 Å². The van der Waals surface area contributed by atoms with Gasteiger partial charge in [0, 0.05) is 0 Å². The van der Waals surface area contributed by atoms with Crippen molar-refractivity contribution < 1.29 is 17.6 Å². The van der Waals surface area contributed by atoms with Crippen molar-refractivity contribution in [1.29, 1.82) is 0 Å². The molecule has 0 rings (SSSR count). The van der Waals surface area contributed by atoms with Crippen molar-refractivity contribution in [2.45, 2.75) is 22.5 Å². The molecule has 0 fully saturated rings. The first-order valence-corrected chi connectivity index (χ1v) is 4.14. The molecule has 0 aliphatic carbocycles. The van der Waals surface area contributed by atoms with Crippen LogP contribution in [0.15, 0.2) is 0 Å². The average Bonchev–Trinajstić information content (AvgIpc) is 1.84. The van der Waals surface area contributed by atoms with E-state index in [1.165, 1.54) is 0 Å². The van der Waals surface area contributed by atoms with Crippen molar-refractivity contribution in [3.8, 4) is 0 Å². The van der Waals surface area contributed by atoms with E-state index in [0.717, 1.165) is 0 Å². The fourth-order valence-corrected chi connectivity index (χ4v) is 0.861. The van der Waals surface area contributed by atoms with Gasteiger partial charge in [-0.3, -0.25) is 0 Å². The van der Waals surface area contributed by atoms with Crippen LogP contribution in [0, 0.1) is 0 Å². The van der Waals surface area contributed by atoms with Crippen molar-refractivity contribution in [2.75, 3.05) is 0 Å². The molecule has 0 bridgehead atoms. The molecule has 0 saturated heterocycles. The van der Waals surface area contributed by atoms with Gasteiger partial charge in [0.2, 0.25) is 0 Å². The Morgan fingerprint density at radius 2 is 1.20 bits per heavy atom. The van der Waals surface area contributed by atoms with Crippen LogP contribution < -0.4 is 0 Å². The van der Waals surface area contributed by atoms with Crippen LogP contribution in [0.25, 0.3) is 0 Å². The summed E-state index contributed by atoms with van der Waals surface area (Å²) in [6.07, 6.45) is -8.23. The van der Waals surface area contributed by atoms with Gasteiger partial charge in [-0.15, -0.1) is 0 Å². The summed E-state index contributed by atoms with van der Waals surface area (Å²) < 4.78 is 45.9. The van der Waals surface area contributed by atoms with Gasteiger partial charge < -0.3 is 0 Å². The third-order valence-electron chi connectivity index (χ3n) is 0.786. The first-order valence-electron chi connectivity index (χ1n) is 2.31. The molecule has 0 aromatic rings. The SMILES string of the molecule is FC(F)C(F)C(F)C(Br)Br. The monoisotopic (exact) mass is 286 g/mol. The summed E-state index contributed by atoms with van der Waals surface area (Å²) in [6, 6.07) is 0. The molecule has 2 atom stereocenters. The van der Waals surface area contributed by atoms with Gasteiger partial charge in [-0.25, -0.2) is 17.6 Å². The first-order chi connectivity index (χ1) is 4.46. The topological polar surface area (TPSA) is 0 Å². The Morgan fingerprint density at radius 1 is 0.800 bits per heavy atom. The highest BCUT2D eigenvalue weighted by Crippen LogP contribution is 2.24. The molecule has 0 heterocycles. The molecule has 0 aliphatic heterocycles. The third kappa shape index (κ3) is 3.18. The van der Waals surface area contributed by atoms with Gasteiger partial charge in [0.05, 0.1) is 0 Å². The molecule has 62 valence electrons. The van der Waals surface area contributed by atoms with Gasteiger partial charge >= 0.3 is 0 Å². The van der Waals surface area contributed by atoms with Gasteiger partial charge in [0.25, 0.3) is 6.43 Å². The zero-order valence-electron chi connectivity index (χ0n) is 4.58. The molecule has 0 N–H and O–H groups in total. The summed E-state index contributed by atoms with van der Waals surface area (Å²) in [6.45, 7) is 0. The smallest absolute Gasteiger partial charge is 0.242 e. The second kappa shape index (κ2) is 4.54. The van der Waals surface area contributed by atoms with Crippen molar-refractivity contribution in [1.82, 2.24) is 0 Å². The summed E-state index contributed by atoms with van der Waals surface area (Å²) in [4.78, 5) is 0. The Balaban J connectivity index is 3.81. The predicted octanol–water partition coefficient (Wildman–Crippen LogP) is 3.04. The van der Waals surface area contributed by atoms with Crippen LogP contribution in [-0.2, 0) is 0 Å². The fourth-order valence-electron chi connectivity index (χ4n) is 0.278. The third-order valence-corrected chi connectivity index (χ3v) is 1.80. The van der Waals surface area contributed by atoms with Gasteiger partial charge in [0.15, 0.2) is 12.3 Å². The number of hydrogen-bond donors (Lipinski definition) is 0. The molecule has 2 unspecified atom stereocenters. The second-order valence-electron chi connectivity index (χ2n) is 1.56. The van der Waals surface area contributed by atoms with Crippen LogP contribution in [0.1, 0.15) is 0 Å². The summed E-state index contributed by atoms with van der Waals surface area (Å²) in [7, 11) is 0. The molecular weight excluding hydrogens is 284 g/mol. The minimum atomic E-state index is -3.27. The first kappa shape index (κ1) is 10.7. The number of alkyl halides is 6. The van der Waals surface area contributed by atoms with Crippen LogP contribution in [0.2, 0.25) is 0 Å². The lowest BCUT2D eigenvalue weighted by Crippen LogP contribution is -2.29. The lowest BCUT2D eigenvalue weighted by Gasteiger charge is -2.12. The Bertz CT molecular complexity index is 85.3. The molecule has 0 aromatic carbocycles. The van der Waals surface area contributed by atoms with Crippen LogP contribution in [0.4, 0.5) is 17.6 Å². The molecule has 10 heavy (non-hydrogen) atoms. The molecular formula is C4H4Br2F4. The van der Waals surface area contributed by atoms with E-state index in [4.69, 9.17) is 0 Å². The standard InChI is InChI=1S/C4H4Br2F4/c5-3(6)1(7)2(8)4(9)10/h1-4H. The predicted molar refractivity (Wildman–Crippen MR) is 37.4 cm³/mol. The average molecular weight is 288 g/mol. The summed E-state index contributed by atoms with van der Waals surface area (Å²) in [5.41, 5.74) is 0. The van der Waals surface area contributed by atoms with E-state index in [9.17, 15) is 17.6 Å². The van der Waals surface area contributed by atoms with E-state index in [1.54, 1.807) is 0 Å². The number of rotatable bonds is 3. The molecule has 0 amide bonds. The Labute approximate surface area is 72.2 Å². The lowest BCUT2D eigenvalue weighted by atomic mass is 10.3. The minimum absolute atomic E-state index is 1.07. The van der Waals surface area contributed by atoms with E-state index >= 15 is 0 Å². The Kier molecular flexibility index (Phi) is 4.84. The molecule has 6 heteroatoms. The zero-order chi connectivity index (χ0) is 8.31. The molecule has 0 aromatic heterocycles. The van der Waals surface area contributed by atoms with E-state index < -0.39 is 22.5 Å². The van der Waals surface area contributed by atoms with Crippen molar-refractivity contribution >= 4 is 31.9 Å². The molecule has 0 radical (unpaired) electrons. The normalized spacial score (nSPS) is 18.0. The largest absolute Gasteiger partial charge is 0.272 e. The highest BCUT2D eigenvalue weighted by atomic mass is 79.9. The van der Waals surface area contributed by atoms with Gasteiger partial charge in [-0.1, -0.05) is 31.9 Å². The maximum atomic E-state index is 12.2. The van der Waals surface area contributed by atoms with Crippen molar-refractivity contribution in [3.05, 3.63) is 0 Å². The maximum absolute atomic E-state index is 12.2. The summed E-state index contributed by atoms with van der Waals surface area (Å²) in [5.74, 6) is 0. The van der Waals surface area contributed by atoms with E-state index in [2.05, 4.69) is 31.9 Å². The maximum Gasteiger partial charge on any atom is 0.272 e. The van der Waals surface area contributed by atoms with Gasteiger partial charge in [0.1, 0.15) is 3.74 Å². The quantitative estimate of drug-likeness (QED) is 0.553. The van der Waals surface area contributed by atoms with E-state index in [-0.39, 0.29) is 0 Å². The summed E-state index contributed by atoms with van der Waals surface area (Å²) >= 11 is 5.15. The van der Waals surface area contributed by atoms with Crippen LogP contribution in [-0.4, -0.2) is 22.5 Å². The highest BCUT2D eigenvalue weighted by molar-refractivity contribution is 9.24. The fraction of sp³-hybridized carbons (Fsp3) is 1.00. The van der Waals surface area contributed by atoms with Crippen LogP contribution in [0.3, 0.4) is 0 Å². The Hall–Kier alpha value is 0.680. The number of halogens is 6. The minimum Gasteiger partial charge on any atom is -0.242 e.